The molecular weight excluding hydrogens is 706 g/mol. The average molecular weight is 746 g/mol. The summed E-state index contributed by atoms with van der Waals surface area (Å²) >= 11 is 0. The molecule has 0 saturated carbocycles. The van der Waals surface area contributed by atoms with E-state index in [4.69, 9.17) is 9.97 Å². The third-order valence-electron chi connectivity index (χ3n) is 10.7. The number of likely N-dealkylation sites (N-methyl/N-ethyl adjacent to an activating group) is 1. The number of benzene rings is 1. The van der Waals surface area contributed by atoms with E-state index in [1.165, 1.54) is 11.0 Å². The normalized spacial score (nSPS) is 19.3. The highest BCUT2D eigenvalue weighted by Gasteiger charge is 2.45. The molecule has 0 spiro atoms. The van der Waals surface area contributed by atoms with E-state index in [1.807, 2.05) is 29.7 Å². The number of pyridine rings is 2. The highest BCUT2D eigenvalue weighted by Crippen LogP contribution is 2.35. The average Bonchev–Trinajstić information content (AvgIpc) is 3.97. The van der Waals surface area contributed by atoms with Gasteiger partial charge in [0.25, 0.3) is 17.7 Å². The van der Waals surface area contributed by atoms with Crippen LogP contribution >= 0.6 is 0 Å². The SMILES string of the molecule is CCn1cnnc1-c1cccc(N2Cc3c(cc(N4CCC[C@H]4C)nc3CN(C)C(=O)CNc3cccc4c3C(=O)N(C3CCC(=O)NC3=O)C4=O)C2=O)n1. The van der Waals surface area contributed by atoms with Crippen LogP contribution in [0.25, 0.3) is 11.5 Å². The molecule has 2 saturated heterocycles. The standard InChI is InChI=1S/C38H39N11O6/c1-4-46-20-40-44-34(46)26-11-6-12-29(41-26)48-18-24-23(36(48)53)16-30(47-15-7-8-21(47)2)42-27(24)19-45(3)32(51)17-39-25-10-5-9-22-33(25)38(55)49(37(22)54)28-13-14-31(50)43-35(28)52/h5-6,9-12,16,20-21,28,39H,4,7-8,13-15,17-19H2,1-3H3,(H,43,50,52)/t21-,28?/m1/s1. The van der Waals surface area contributed by atoms with Gasteiger partial charge in [0.05, 0.1) is 42.0 Å². The van der Waals surface area contributed by atoms with E-state index < -0.39 is 29.7 Å². The molecule has 4 aliphatic rings. The Labute approximate surface area is 315 Å². The summed E-state index contributed by atoms with van der Waals surface area (Å²) < 4.78 is 1.87. The second kappa shape index (κ2) is 14.0. The molecule has 2 atom stereocenters. The molecule has 2 N–H and O–H groups in total. The van der Waals surface area contributed by atoms with Crippen LogP contribution in [0.4, 0.5) is 17.3 Å². The summed E-state index contributed by atoms with van der Waals surface area (Å²) in [6, 6.07) is 11.1. The Morgan fingerprint density at radius 3 is 2.56 bits per heavy atom. The van der Waals surface area contributed by atoms with Gasteiger partial charge in [-0.2, -0.15) is 0 Å². The highest BCUT2D eigenvalue weighted by molar-refractivity contribution is 6.25. The lowest BCUT2D eigenvalue weighted by molar-refractivity contribution is -0.136. The first-order chi connectivity index (χ1) is 26.5. The van der Waals surface area contributed by atoms with Gasteiger partial charge in [0, 0.05) is 43.9 Å². The minimum absolute atomic E-state index is 0.00788. The van der Waals surface area contributed by atoms with Crippen LogP contribution in [-0.2, 0) is 34.0 Å². The Morgan fingerprint density at radius 2 is 1.80 bits per heavy atom. The first-order valence-corrected chi connectivity index (χ1v) is 18.3. The molecule has 55 heavy (non-hydrogen) atoms. The maximum Gasteiger partial charge on any atom is 0.264 e. The van der Waals surface area contributed by atoms with E-state index in [9.17, 15) is 28.8 Å². The van der Waals surface area contributed by atoms with Crippen LogP contribution in [0, 0.1) is 0 Å². The predicted molar refractivity (Wildman–Crippen MR) is 198 cm³/mol. The number of fused-ring (bicyclic) bond motifs is 2. The van der Waals surface area contributed by atoms with Crippen LogP contribution in [0.3, 0.4) is 0 Å². The third kappa shape index (κ3) is 6.24. The Bertz CT molecular complexity index is 2290. The fourth-order valence-electron chi connectivity index (χ4n) is 7.75. The Balaban J connectivity index is 1.02. The van der Waals surface area contributed by atoms with Gasteiger partial charge in [-0.05, 0) is 63.4 Å². The maximum atomic E-state index is 14.1. The molecule has 3 aromatic heterocycles. The molecule has 1 unspecified atom stereocenters. The van der Waals surface area contributed by atoms with E-state index in [2.05, 4.69) is 32.7 Å². The van der Waals surface area contributed by atoms with E-state index in [-0.39, 0.29) is 67.1 Å². The first kappa shape index (κ1) is 35.5. The lowest BCUT2D eigenvalue weighted by atomic mass is 10.0. The number of anilines is 3. The minimum Gasteiger partial charge on any atom is -0.375 e. The van der Waals surface area contributed by atoms with Gasteiger partial charge < -0.3 is 19.7 Å². The van der Waals surface area contributed by atoms with Crippen molar-refractivity contribution >= 4 is 52.8 Å². The Hall–Kier alpha value is -6.52. The fourth-order valence-corrected chi connectivity index (χ4v) is 7.75. The number of carbonyl (C=O) groups excluding carboxylic acids is 6. The minimum atomic E-state index is -1.11. The van der Waals surface area contributed by atoms with Gasteiger partial charge in [-0.1, -0.05) is 12.1 Å². The van der Waals surface area contributed by atoms with Gasteiger partial charge in [-0.25, -0.2) is 9.97 Å². The monoisotopic (exact) mass is 745 g/mol. The van der Waals surface area contributed by atoms with Crippen LogP contribution in [0.15, 0.2) is 48.8 Å². The van der Waals surface area contributed by atoms with Crippen molar-refractivity contribution in [3.8, 4) is 11.5 Å². The van der Waals surface area contributed by atoms with Gasteiger partial charge in [-0.15, -0.1) is 10.2 Å². The van der Waals surface area contributed by atoms with Crippen LogP contribution in [0.2, 0.25) is 0 Å². The maximum absolute atomic E-state index is 14.1. The van der Waals surface area contributed by atoms with Gasteiger partial charge in [0.1, 0.15) is 29.7 Å². The van der Waals surface area contributed by atoms with Gasteiger partial charge in [0.15, 0.2) is 5.82 Å². The lowest BCUT2D eigenvalue weighted by Crippen LogP contribution is -2.54. The number of nitrogens with one attached hydrogen (secondary N) is 2. The zero-order valence-electron chi connectivity index (χ0n) is 30.6. The van der Waals surface area contributed by atoms with Crippen molar-refractivity contribution in [2.75, 3.05) is 35.3 Å². The summed E-state index contributed by atoms with van der Waals surface area (Å²) in [5.74, 6) is -1.29. The summed E-state index contributed by atoms with van der Waals surface area (Å²) in [6.07, 6.45) is 3.68. The Kier molecular flexibility index (Phi) is 9.06. The molecule has 7 heterocycles. The first-order valence-electron chi connectivity index (χ1n) is 18.3. The molecule has 1 aromatic carbocycles. The molecular formula is C38H39N11O6. The molecule has 2 fully saturated rings. The van der Waals surface area contributed by atoms with E-state index in [1.54, 1.807) is 36.5 Å². The summed E-state index contributed by atoms with van der Waals surface area (Å²) in [7, 11) is 1.64. The van der Waals surface area contributed by atoms with Crippen molar-refractivity contribution < 1.29 is 28.8 Å². The van der Waals surface area contributed by atoms with Crippen LogP contribution in [-0.4, -0.2) is 102 Å². The van der Waals surface area contributed by atoms with E-state index in [0.29, 0.717) is 46.5 Å². The fraction of sp³-hybridized carbons (Fsp3) is 0.368. The van der Waals surface area contributed by atoms with Crippen LogP contribution in [0.5, 0.6) is 0 Å². The molecule has 17 heteroatoms. The molecule has 4 aliphatic heterocycles. The number of hydrogen-bond acceptors (Lipinski definition) is 12. The third-order valence-corrected chi connectivity index (χ3v) is 10.7. The number of imide groups is 2. The number of piperidine rings is 1. The molecule has 4 aromatic rings. The molecule has 17 nitrogen and oxygen atoms in total. The predicted octanol–water partition coefficient (Wildman–Crippen LogP) is 2.38. The quantitative estimate of drug-likeness (QED) is 0.225. The number of aryl methyl sites for hydroxylation is 1. The smallest absolute Gasteiger partial charge is 0.264 e. The van der Waals surface area contributed by atoms with Crippen molar-refractivity contribution in [1.82, 2.24) is 39.8 Å². The van der Waals surface area contributed by atoms with Crippen molar-refractivity contribution in [2.45, 2.75) is 71.2 Å². The molecule has 6 amide bonds. The molecule has 0 aliphatic carbocycles. The van der Waals surface area contributed by atoms with E-state index >= 15 is 0 Å². The molecule has 0 bridgehead atoms. The zero-order valence-corrected chi connectivity index (χ0v) is 30.6. The highest BCUT2D eigenvalue weighted by atomic mass is 16.2. The van der Waals surface area contributed by atoms with Gasteiger partial charge in [0.2, 0.25) is 17.7 Å². The second-order valence-electron chi connectivity index (χ2n) is 14.1. The zero-order chi connectivity index (χ0) is 38.5. The number of hydrogen-bond donors (Lipinski definition) is 2. The van der Waals surface area contributed by atoms with Gasteiger partial charge in [-0.3, -0.25) is 43.9 Å². The van der Waals surface area contributed by atoms with E-state index in [0.717, 1.165) is 24.3 Å². The lowest BCUT2D eigenvalue weighted by Gasteiger charge is -2.27. The summed E-state index contributed by atoms with van der Waals surface area (Å²) in [5.41, 5.74) is 2.81. The number of rotatable bonds is 10. The van der Waals surface area contributed by atoms with Crippen LogP contribution < -0.4 is 20.4 Å². The topological polar surface area (TPSA) is 196 Å². The number of amides is 6. The second-order valence-corrected chi connectivity index (χ2v) is 14.1. The van der Waals surface area contributed by atoms with Crippen molar-refractivity contribution in [1.29, 1.82) is 0 Å². The Morgan fingerprint density at radius 1 is 0.982 bits per heavy atom. The van der Waals surface area contributed by atoms with Crippen molar-refractivity contribution in [2.24, 2.45) is 0 Å². The number of aromatic nitrogens is 5. The van der Waals surface area contributed by atoms with Crippen molar-refractivity contribution in [3.05, 3.63) is 76.7 Å². The largest absolute Gasteiger partial charge is 0.375 e. The summed E-state index contributed by atoms with van der Waals surface area (Å²) in [4.78, 5) is 94.9. The number of nitrogens with zero attached hydrogens (tertiary/aromatic N) is 9. The summed E-state index contributed by atoms with van der Waals surface area (Å²) in [5, 5.41) is 13.5. The molecule has 0 radical (unpaired) electrons. The molecule has 8 rings (SSSR count). The number of carbonyl (C=O) groups is 6. The van der Waals surface area contributed by atoms with Gasteiger partial charge >= 0.3 is 0 Å². The van der Waals surface area contributed by atoms with Crippen molar-refractivity contribution in [3.63, 3.8) is 0 Å². The summed E-state index contributed by atoms with van der Waals surface area (Å²) in [6.45, 7) is 5.66. The van der Waals surface area contributed by atoms with Crippen LogP contribution in [0.1, 0.15) is 81.9 Å². The molecule has 282 valence electrons.